The average Bonchev–Trinajstić information content (AvgIpc) is 3.65. The number of benzene rings is 5. The molecule has 6 aromatic rings. The molecule has 1 atom stereocenters. The Morgan fingerprint density at radius 3 is 2.28 bits per heavy atom. The van der Waals surface area contributed by atoms with E-state index >= 15 is 0 Å². The van der Waals surface area contributed by atoms with E-state index in [0.29, 0.717) is 59.6 Å². The molecule has 0 spiro atoms. The molecule has 0 aliphatic carbocycles. The molecule has 1 aromatic heterocycles. The lowest BCUT2D eigenvalue weighted by Crippen LogP contribution is -2.30. The van der Waals surface area contributed by atoms with E-state index in [9.17, 15) is 14.4 Å². The van der Waals surface area contributed by atoms with Crippen molar-refractivity contribution in [1.82, 2.24) is 10.3 Å². The van der Waals surface area contributed by atoms with Crippen molar-refractivity contribution in [3.8, 4) is 22.8 Å². The number of ether oxygens (including phenoxy) is 2. The van der Waals surface area contributed by atoms with E-state index in [1.165, 1.54) is 43.4 Å². The molecular formula is C41H32Cl2N4O5S2. The van der Waals surface area contributed by atoms with Crippen molar-refractivity contribution in [3.63, 3.8) is 0 Å². The number of hydrogen-bond donors (Lipinski definition) is 3. The molecular weight excluding hydrogens is 764 g/mol. The minimum absolute atomic E-state index is 0.0299. The lowest BCUT2D eigenvalue weighted by Gasteiger charge is -2.17. The Morgan fingerprint density at radius 1 is 0.815 bits per heavy atom. The Labute approximate surface area is 330 Å². The monoisotopic (exact) mass is 794 g/mol. The van der Waals surface area contributed by atoms with Crippen LogP contribution in [0.5, 0.6) is 11.5 Å². The van der Waals surface area contributed by atoms with Crippen molar-refractivity contribution >= 4 is 80.9 Å². The molecule has 1 unspecified atom stereocenters. The van der Waals surface area contributed by atoms with Gasteiger partial charge in [0.1, 0.15) is 10.9 Å². The highest BCUT2D eigenvalue weighted by atomic mass is 35.5. The molecule has 0 aliphatic heterocycles. The Kier molecular flexibility index (Phi) is 12.7. The minimum atomic E-state index is -0.676. The van der Waals surface area contributed by atoms with E-state index in [4.69, 9.17) is 32.7 Å². The molecule has 9 nitrogen and oxygen atoms in total. The second-order valence-corrected chi connectivity index (χ2v) is 14.4. The maximum Gasteiger partial charge on any atom is 0.272 e. The number of thioether (sulfide) groups is 1. The van der Waals surface area contributed by atoms with E-state index in [-0.39, 0.29) is 11.6 Å². The maximum atomic E-state index is 13.9. The molecule has 3 N–H and O–H groups in total. The molecule has 0 fully saturated rings. The van der Waals surface area contributed by atoms with Crippen molar-refractivity contribution in [2.45, 2.75) is 10.1 Å². The topological polar surface area (TPSA) is 119 Å². The zero-order valence-electron chi connectivity index (χ0n) is 28.8. The van der Waals surface area contributed by atoms with Crippen LogP contribution in [0, 0.1) is 0 Å². The van der Waals surface area contributed by atoms with Crippen LogP contribution >= 0.6 is 46.3 Å². The summed E-state index contributed by atoms with van der Waals surface area (Å²) in [4.78, 5) is 46.3. The van der Waals surface area contributed by atoms with Gasteiger partial charge in [0.25, 0.3) is 11.8 Å². The van der Waals surface area contributed by atoms with Crippen molar-refractivity contribution in [2.24, 2.45) is 0 Å². The van der Waals surface area contributed by atoms with Crippen LogP contribution in [0.3, 0.4) is 0 Å². The van der Waals surface area contributed by atoms with Gasteiger partial charge in [0, 0.05) is 37.7 Å². The normalized spacial score (nSPS) is 11.7. The van der Waals surface area contributed by atoms with Gasteiger partial charge in [0.05, 0.1) is 24.9 Å². The molecule has 6 rings (SSSR count). The molecule has 0 bridgehead atoms. The summed E-state index contributed by atoms with van der Waals surface area (Å²) >= 11 is 15.1. The van der Waals surface area contributed by atoms with Crippen LogP contribution in [0.4, 0.5) is 10.8 Å². The van der Waals surface area contributed by atoms with E-state index in [1.807, 2.05) is 41.8 Å². The molecule has 5 aromatic carbocycles. The number of para-hydroxylation sites is 1. The number of nitrogens with zero attached hydrogens (tertiary/aromatic N) is 1. The van der Waals surface area contributed by atoms with Gasteiger partial charge in [-0.15, -0.1) is 23.1 Å². The number of carbonyl (C=O) groups excluding carboxylic acids is 3. The van der Waals surface area contributed by atoms with Gasteiger partial charge in [-0.1, -0.05) is 89.9 Å². The molecule has 0 aliphatic rings. The number of amides is 3. The summed E-state index contributed by atoms with van der Waals surface area (Å²) in [5.74, 6) is -0.480. The van der Waals surface area contributed by atoms with Crippen molar-refractivity contribution in [2.75, 3.05) is 24.9 Å². The number of rotatable bonds is 13. The van der Waals surface area contributed by atoms with Gasteiger partial charge in [0.15, 0.2) is 16.6 Å². The first-order valence-corrected chi connectivity index (χ1v) is 18.9. The largest absolute Gasteiger partial charge is 0.493 e. The minimum Gasteiger partial charge on any atom is -0.493 e. The fourth-order valence-electron chi connectivity index (χ4n) is 5.33. The summed E-state index contributed by atoms with van der Waals surface area (Å²) in [6.45, 7) is 0. The number of anilines is 2. The lowest BCUT2D eigenvalue weighted by molar-refractivity contribution is -0.116. The summed E-state index contributed by atoms with van der Waals surface area (Å²) < 4.78 is 11.0. The summed E-state index contributed by atoms with van der Waals surface area (Å²) in [6, 6.07) is 35.4. The van der Waals surface area contributed by atoms with E-state index < -0.39 is 17.1 Å². The van der Waals surface area contributed by atoms with Crippen molar-refractivity contribution in [1.29, 1.82) is 0 Å². The molecule has 1 heterocycles. The zero-order chi connectivity index (χ0) is 38.0. The number of nitrogens with one attached hydrogen (secondary N) is 3. The first-order valence-electron chi connectivity index (χ1n) is 16.4. The third-order valence-corrected chi connectivity index (χ3v) is 10.4. The van der Waals surface area contributed by atoms with Gasteiger partial charge in [-0.3, -0.25) is 14.4 Å². The Bertz CT molecular complexity index is 2320. The SMILES string of the molecule is COc1cccc(/C=C(/NC(=O)c2ccccc2)C(=O)Nc2cccc(SC(C(=O)Nc3nc(-c4ccc(Cl)cc4Cl)cs3)c3ccccc3)c2)c1OC. The smallest absolute Gasteiger partial charge is 0.272 e. The first kappa shape index (κ1) is 38.1. The fraction of sp³-hybridized carbons (Fsp3) is 0.0732. The summed E-state index contributed by atoms with van der Waals surface area (Å²) in [5, 5.41) is 11.1. The van der Waals surface area contributed by atoms with Crippen LogP contribution in [0.1, 0.15) is 26.7 Å². The number of carbonyl (C=O) groups is 3. The Morgan fingerprint density at radius 2 is 1.56 bits per heavy atom. The van der Waals surface area contributed by atoms with Crippen LogP contribution in [0.2, 0.25) is 10.0 Å². The molecule has 0 radical (unpaired) electrons. The van der Waals surface area contributed by atoms with Gasteiger partial charge < -0.3 is 25.4 Å². The molecule has 272 valence electrons. The van der Waals surface area contributed by atoms with E-state index in [2.05, 4.69) is 20.9 Å². The second kappa shape index (κ2) is 18.0. The number of hydrogen-bond acceptors (Lipinski definition) is 8. The van der Waals surface area contributed by atoms with E-state index in [0.717, 1.165) is 5.56 Å². The van der Waals surface area contributed by atoms with Gasteiger partial charge in [0.2, 0.25) is 5.91 Å². The number of thiazole rings is 1. The van der Waals surface area contributed by atoms with Crippen LogP contribution < -0.4 is 25.4 Å². The third-order valence-electron chi connectivity index (χ3n) is 7.89. The van der Waals surface area contributed by atoms with Gasteiger partial charge >= 0.3 is 0 Å². The van der Waals surface area contributed by atoms with Gasteiger partial charge in [-0.05, 0) is 66.2 Å². The molecule has 3 amide bonds. The van der Waals surface area contributed by atoms with Gasteiger partial charge in [-0.2, -0.15) is 0 Å². The predicted octanol–water partition coefficient (Wildman–Crippen LogP) is 10.0. The Balaban J connectivity index is 1.24. The number of halogens is 2. The standard InChI is InChI=1S/C41H32Cl2N4O5S2/c1-51-35-18-9-15-27(36(35)52-2)21-33(45-38(48)26-13-7-4-8-14-26)39(49)44-29-16-10-17-30(23-29)54-37(25-11-5-3-6-12-25)40(50)47-41-46-34(24-53-41)31-20-19-28(42)22-32(31)43/h3-24,37H,1-2H3,(H,44,49)(H,45,48)(H,46,47,50)/b33-21+. The highest BCUT2D eigenvalue weighted by Gasteiger charge is 2.24. The van der Waals surface area contributed by atoms with Crippen LogP contribution in [-0.4, -0.2) is 36.9 Å². The second-order valence-electron chi connectivity index (χ2n) is 11.5. The van der Waals surface area contributed by atoms with Crippen LogP contribution in [-0.2, 0) is 9.59 Å². The highest BCUT2D eigenvalue weighted by molar-refractivity contribution is 8.00. The molecule has 13 heteroatoms. The summed E-state index contributed by atoms with van der Waals surface area (Å²) in [6.07, 6.45) is 1.52. The lowest BCUT2D eigenvalue weighted by atomic mass is 10.1. The van der Waals surface area contributed by atoms with E-state index in [1.54, 1.807) is 84.9 Å². The quantitative estimate of drug-likeness (QED) is 0.0787. The molecule has 0 saturated carbocycles. The average molecular weight is 796 g/mol. The molecule has 0 saturated heterocycles. The first-order chi connectivity index (χ1) is 26.2. The van der Waals surface area contributed by atoms with Crippen molar-refractivity contribution in [3.05, 3.63) is 159 Å². The molecule has 54 heavy (non-hydrogen) atoms. The van der Waals surface area contributed by atoms with Crippen LogP contribution in [0.25, 0.3) is 17.3 Å². The van der Waals surface area contributed by atoms with Crippen molar-refractivity contribution < 1.29 is 23.9 Å². The summed E-state index contributed by atoms with van der Waals surface area (Å²) in [7, 11) is 3.01. The van der Waals surface area contributed by atoms with Crippen LogP contribution in [0.15, 0.2) is 137 Å². The van der Waals surface area contributed by atoms with Gasteiger partial charge in [-0.25, -0.2) is 4.98 Å². The highest BCUT2D eigenvalue weighted by Crippen LogP contribution is 2.39. The summed E-state index contributed by atoms with van der Waals surface area (Å²) in [5.41, 5.74) is 3.39. The number of aromatic nitrogens is 1. The number of methoxy groups -OCH3 is 2. The predicted molar refractivity (Wildman–Crippen MR) is 218 cm³/mol. The third kappa shape index (κ3) is 9.49. The Hall–Kier alpha value is -5.59. The zero-order valence-corrected chi connectivity index (χ0v) is 32.0. The maximum absolute atomic E-state index is 13.9. The fourth-order valence-corrected chi connectivity index (χ4v) is 7.63.